The second-order valence-corrected chi connectivity index (χ2v) is 8.53. The summed E-state index contributed by atoms with van der Waals surface area (Å²) in [5.74, 6) is 1.54. The monoisotopic (exact) mass is 348 g/mol. The lowest BCUT2D eigenvalue weighted by atomic mass is 10.1. The van der Waals surface area contributed by atoms with Crippen molar-refractivity contribution in [2.45, 2.75) is 107 Å². The zero-order chi connectivity index (χ0) is 19.8. The molecule has 0 atom stereocenters. The molecule has 0 aliphatic heterocycles. The largest absolute Gasteiger partial charge is 0.381 e. The molecule has 3 nitrogen and oxygen atoms in total. The summed E-state index contributed by atoms with van der Waals surface area (Å²) < 4.78 is 15.6. The molecular formula is C21H48O3. The van der Waals surface area contributed by atoms with Gasteiger partial charge in [0.1, 0.15) is 0 Å². The van der Waals surface area contributed by atoms with Gasteiger partial charge in [0.05, 0.1) is 17.8 Å². The number of hydrogen-bond donors (Lipinski definition) is 0. The lowest BCUT2D eigenvalue weighted by molar-refractivity contribution is 0.0300. The zero-order valence-corrected chi connectivity index (χ0v) is 18.9. The highest BCUT2D eigenvalue weighted by Crippen LogP contribution is 2.02. The molecule has 24 heavy (non-hydrogen) atoms. The van der Waals surface area contributed by atoms with E-state index in [9.17, 15) is 0 Å². The molecule has 0 saturated heterocycles. The molecule has 0 rings (SSSR count). The molecule has 0 bridgehead atoms. The van der Waals surface area contributed by atoms with Gasteiger partial charge in [-0.2, -0.15) is 0 Å². The van der Waals surface area contributed by atoms with Crippen LogP contribution in [-0.2, 0) is 14.2 Å². The molecule has 0 radical (unpaired) electrons. The van der Waals surface area contributed by atoms with Gasteiger partial charge in [-0.05, 0) is 73.1 Å². The minimum Gasteiger partial charge on any atom is -0.381 e. The molecule has 0 spiro atoms. The Morgan fingerprint density at radius 1 is 0.667 bits per heavy atom. The number of methoxy groups -OCH3 is 1. The number of ether oxygens (including phenoxy) is 3. The molecule has 0 saturated carbocycles. The van der Waals surface area contributed by atoms with Crippen LogP contribution < -0.4 is 0 Å². The molecule has 0 unspecified atom stereocenters. The summed E-state index contributed by atoms with van der Waals surface area (Å²) in [4.78, 5) is 0. The zero-order valence-electron chi connectivity index (χ0n) is 18.9. The minimum atomic E-state index is 0.0417. The molecule has 0 amide bonds. The summed E-state index contributed by atoms with van der Waals surface area (Å²) in [6.07, 6.45) is 3.14. The Morgan fingerprint density at radius 3 is 1.08 bits per heavy atom. The molecule has 150 valence electrons. The van der Waals surface area contributed by atoms with Crippen LogP contribution >= 0.6 is 0 Å². The van der Waals surface area contributed by atoms with Gasteiger partial charge in [0.15, 0.2) is 0 Å². The fraction of sp³-hybridized carbons (Fsp3) is 1.00. The van der Waals surface area contributed by atoms with Crippen molar-refractivity contribution in [2.24, 2.45) is 11.8 Å². The molecule has 0 aromatic heterocycles. The Morgan fingerprint density at radius 2 is 0.958 bits per heavy atom. The normalized spacial score (nSPS) is 11.5. The summed E-state index contributed by atoms with van der Waals surface area (Å²) in [7, 11) is 1.71. The molecule has 0 heterocycles. The van der Waals surface area contributed by atoms with Gasteiger partial charge in [0.2, 0.25) is 0 Å². The van der Waals surface area contributed by atoms with Gasteiger partial charge >= 0.3 is 0 Å². The van der Waals surface area contributed by atoms with Crippen LogP contribution in [0, 0.1) is 11.8 Å². The molecule has 0 fully saturated rings. The van der Waals surface area contributed by atoms with Crippen molar-refractivity contribution in [3.05, 3.63) is 0 Å². The molecule has 0 aromatic carbocycles. The van der Waals surface area contributed by atoms with Crippen molar-refractivity contribution in [3.63, 3.8) is 0 Å². The fourth-order valence-corrected chi connectivity index (χ4v) is 1.28. The Kier molecular flexibility index (Phi) is 21.1. The molecule has 0 aliphatic carbocycles. The molecular weight excluding hydrogens is 300 g/mol. The first-order valence-electron chi connectivity index (χ1n) is 9.60. The summed E-state index contributed by atoms with van der Waals surface area (Å²) in [5.41, 5.74) is 0.0417. The van der Waals surface area contributed by atoms with Crippen LogP contribution in [0.2, 0.25) is 0 Å². The van der Waals surface area contributed by atoms with E-state index in [-0.39, 0.29) is 5.60 Å². The van der Waals surface area contributed by atoms with Gasteiger partial charge in [-0.25, -0.2) is 0 Å². The smallest absolute Gasteiger partial charge is 0.0594 e. The Balaban J connectivity index is -0.000000294. The highest BCUT2D eigenvalue weighted by Gasteiger charge is 2.04. The van der Waals surface area contributed by atoms with Crippen LogP contribution in [0.25, 0.3) is 0 Å². The molecule has 0 N–H and O–H groups in total. The summed E-state index contributed by atoms with van der Waals surface area (Å²) in [5, 5.41) is 0. The lowest BCUT2D eigenvalue weighted by Crippen LogP contribution is -2.15. The molecule has 3 heteroatoms. The predicted molar refractivity (Wildman–Crippen MR) is 108 cm³/mol. The van der Waals surface area contributed by atoms with Gasteiger partial charge in [0, 0.05) is 20.3 Å². The van der Waals surface area contributed by atoms with E-state index < -0.39 is 0 Å². The second kappa shape index (κ2) is 17.7. The Hall–Kier alpha value is -0.120. The average molecular weight is 349 g/mol. The third kappa shape index (κ3) is 43.1. The first-order chi connectivity index (χ1) is 10.8. The van der Waals surface area contributed by atoms with Crippen molar-refractivity contribution in [2.75, 3.05) is 20.3 Å². The van der Waals surface area contributed by atoms with Crippen molar-refractivity contribution in [1.29, 1.82) is 0 Å². The van der Waals surface area contributed by atoms with Crippen molar-refractivity contribution < 1.29 is 14.2 Å². The van der Waals surface area contributed by atoms with E-state index in [4.69, 9.17) is 14.2 Å². The quantitative estimate of drug-likeness (QED) is 0.479. The van der Waals surface area contributed by atoms with Gasteiger partial charge in [-0.15, -0.1) is 0 Å². The van der Waals surface area contributed by atoms with Gasteiger partial charge in [-0.1, -0.05) is 27.7 Å². The third-order valence-electron chi connectivity index (χ3n) is 2.84. The summed E-state index contributed by atoms with van der Waals surface area (Å²) in [6.45, 7) is 25.0. The van der Waals surface area contributed by atoms with Crippen molar-refractivity contribution in [1.82, 2.24) is 0 Å². The van der Waals surface area contributed by atoms with E-state index in [2.05, 4.69) is 27.7 Å². The predicted octanol–water partition coefficient (Wildman–Crippen LogP) is 6.35. The number of hydrogen-bond acceptors (Lipinski definition) is 3. The second-order valence-electron chi connectivity index (χ2n) is 8.53. The highest BCUT2D eigenvalue weighted by molar-refractivity contribution is 4.55. The molecule has 0 aliphatic rings. The minimum absolute atomic E-state index is 0.0417. The van der Waals surface area contributed by atoms with E-state index in [0.29, 0.717) is 12.2 Å². The van der Waals surface area contributed by atoms with Crippen molar-refractivity contribution >= 4 is 0 Å². The van der Waals surface area contributed by atoms with Gasteiger partial charge in [0.25, 0.3) is 0 Å². The van der Waals surface area contributed by atoms with Crippen LogP contribution in [0.5, 0.6) is 0 Å². The first kappa shape index (κ1) is 28.7. The van der Waals surface area contributed by atoms with Crippen LogP contribution in [0.3, 0.4) is 0 Å². The van der Waals surface area contributed by atoms with E-state index in [1.54, 1.807) is 7.11 Å². The maximum absolute atomic E-state index is 5.46. The Labute approximate surface area is 153 Å². The third-order valence-corrected chi connectivity index (χ3v) is 2.84. The standard InChI is InChI=1S/C10H22O.C6H14O.C5H12O/c1-9(2)5-7-11-8-6-10(3)4;1-5(2)7-6(3)4;1-5(2,3)6-4/h9-10H,5-8H2,1-4H3;5-6H,1-4H3;1-4H3. The van der Waals surface area contributed by atoms with Crippen LogP contribution in [0.15, 0.2) is 0 Å². The maximum Gasteiger partial charge on any atom is 0.0594 e. The summed E-state index contributed by atoms with van der Waals surface area (Å²) >= 11 is 0. The van der Waals surface area contributed by atoms with E-state index in [0.717, 1.165) is 25.0 Å². The van der Waals surface area contributed by atoms with Gasteiger partial charge < -0.3 is 14.2 Å². The van der Waals surface area contributed by atoms with Crippen LogP contribution in [-0.4, -0.2) is 38.1 Å². The maximum atomic E-state index is 5.46. The van der Waals surface area contributed by atoms with Crippen LogP contribution in [0.4, 0.5) is 0 Å². The summed E-state index contributed by atoms with van der Waals surface area (Å²) in [6, 6.07) is 0. The van der Waals surface area contributed by atoms with E-state index in [1.165, 1.54) is 12.8 Å². The van der Waals surface area contributed by atoms with E-state index >= 15 is 0 Å². The topological polar surface area (TPSA) is 27.7 Å². The molecule has 0 aromatic rings. The first-order valence-corrected chi connectivity index (χ1v) is 9.60. The highest BCUT2D eigenvalue weighted by atomic mass is 16.5. The van der Waals surface area contributed by atoms with E-state index in [1.807, 2.05) is 48.5 Å². The fourth-order valence-electron chi connectivity index (χ4n) is 1.28. The SMILES string of the molecule is CC(C)CCOCCC(C)C.CC(C)OC(C)C.COC(C)(C)C. The van der Waals surface area contributed by atoms with Crippen molar-refractivity contribution in [3.8, 4) is 0 Å². The van der Waals surface area contributed by atoms with Gasteiger partial charge in [-0.3, -0.25) is 0 Å². The number of rotatable bonds is 8. The van der Waals surface area contributed by atoms with Crippen LogP contribution in [0.1, 0.15) is 89.0 Å². The lowest BCUT2D eigenvalue weighted by Gasteiger charge is -2.14. The average Bonchev–Trinajstić information content (AvgIpc) is 2.36. The Bertz CT molecular complexity index is 212.